The summed E-state index contributed by atoms with van der Waals surface area (Å²) in [5.74, 6) is -0.154. The Morgan fingerprint density at radius 2 is 1.89 bits per heavy atom. The normalized spacial score (nSPS) is 19.4. The second kappa shape index (κ2) is 5.30. The summed E-state index contributed by atoms with van der Waals surface area (Å²) in [5.41, 5.74) is 3.26. The lowest BCUT2D eigenvalue weighted by molar-refractivity contribution is -0.0773. The van der Waals surface area contributed by atoms with Crippen molar-refractivity contribution in [1.82, 2.24) is 0 Å². The maximum Gasteiger partial charge on any atom is 0.123 e. The monoisotopic (exact) mass is 314 g/mol. The Morgan fingerprint density at radius 3 is 2.28 bits per heavy atom. The van der Waals surface area contributed by atoms with Gasteiger partial charge >= 0.3 is 0 Å². The molecule has 1 aliphatic rings. The summed E-state index contributed by atoms with van der Waals surface area (Å²) in [4.78, 5) is 0.235. The third kappa shape index (κ3) is 2.62. The third-order valence-corrected chi connectivity index (χ3v) is 4.90. The van der Waals surface area contributed by atoms with Crippen LogP contribution in [0.5, 0.6) is 0 Å². The van der Waals surface area contributed by atoms with Crippen LogP contribution in [0.3, 0.4) is 0 Å². The van der Waals surface area contributed by atoms with Gasteiger partial charge in [-0.2, -0.15) is 0 Å². The number of ether oxygens (including phenoxy) is 1. The first-order valence-corrected chi connectivity index (χ1v) is 7.35. The zero-order valence-electron chi connectivity index (χ0n) is 11.2. The van der Waals surface area contributed by atoms with Gasteiger partial charge in [-0.25, -0.2) is 4.39 Å². The van der Waals surface area contributed by atoms with E-state index < -0.39 is 0 Å². The van der Waals surface area contributed by atoms with Crippen molar-refractivity contribution in [3.05, 3.63) is 34.6 Å². The molecule has 0 bridgehead atoms. The van der Waals surface area contributed by atoms with Gasteiger partial charge in [0.05, 0.1) is 5.60 Å². The second-order valence-electron chi connectivity index (χ2n) is 5.37. The predicted molar refractivity (Wildman–Crippen MR) is 75.8 cm³/mol. The van der Waals surface area contributed by atoms with Gasteiger partial charge in [0.2, 0.25) is 0 Å². The first-order chi connectivity index (χ1) is 8.47. The van der Waals surface area contributed by atoms with Gasteiger partial charge in [0.15, 0.2) is 0 Å². The van der Waals surface area contributed by atoms with Crippen LogP contribution in [-0.4, -0.2) is 12.7 Å². The summed E-state index contributed by atoms with van der Waals surface area (Å²) in [6.07, 6.45) is 4.46. The van der Waals surface area contributed by atoms with E-state index in [-0.39, 0.29) is 16.2 Å². The van der Waals surface area contributed by atoms with E-state index in [9.17, 15) is 4.39 Å². The number of aryl methyl sites for hydroxylation is 2. The van der Waals surface area contributed by atoms with Crippen molar-refractivity contribution in [3.63, 3.8) is 0 Å². The van der Waals surface area contributed by atoms with E-state index in [4.69, 9.17) is 4.74 Å². The van der Waals surface area contributed by atoms with E-state index in [0.29, 0.717) is 0 Å². The van der Waals surface area contributed by atoms with Crippen LogP contribution in [0.4, 0.5) is 4.39 Å². The molecule has 1 atom stereocenters. The Kier molecular flexibility index (Phi) is 4.12. The Morgan fingerprint density at radius 1 is 1.33 bits per heavy atom. The molecule has 18 heavy (non-hydrogen) atoms. The molecule has 0 radical (unpaired) electrons. The van der Waals surface area contributed by atoms with Crippen molar-refractivity contribution < 1.29 is 9.13 Å². The molecular weight excluding hydrogens is 295 g/mol. The number of benzene rings is 1. The molecule has 100 valence electrons. The highest BCUT2D eigenvalue weighted by molar-refractivity contribution is 9.09. The molecule has 1 aromatic carbocycles. The van der Waals surface area contributed by atoms with Gasteiger partial charge in [0.25, 0.3) is 0 Å². The van der Waals surface area contributed by atoms with Gasteiger partial charge in [0.1, 0.15) is 5.82 Å². The molecule has 0 aliphatic heterocycles. The Balaban J connectivity index is 2.21. The van der Waals surface area contributed by atoms with E-state index in [1.165, 1.54) is 12.0 Å². The molecule has 2 rings (SSSR count). The van der Waals surface area contributed by atoms with Crippen LogP contribution in [0.2, 0.25) is 0 Å². The largest absolute Gasteiger partial charge is 0.378 e. The van der Waals surface area contributed by atoms with Crippen molar-refractivity contribution in [1.29, 1.82) is 0 Å². The lowest BCUT2D eigenvalue weighted by Gasteiger charge is -2.42. The standard InChI is InChI=1S/C15H20BrFO/c1-10-7-12(17)8-11(2)14(10)13(16)9-15(18-3)5-4-6-15/h7-8,13H,4-6,9H2,1-3H3. The van der Waals surface area contributed by atoms with Gasteiger partial charge in [-0.1, -0.05) is 15.9 Å². The van der Waals surface area contributed by atoms with Crippen LogP contribution in [0, 0.1) is 19.7 Å². The average molecular weight is 315 g/mol. The molecule has 0 spiro atoms. The quantitative estimate of drug-likeness (QED) is 0.723. The fourth-order valence-electron chi connectivity index (χ4n) is 2.91. The highest BCUT2D eigenvalue weighted by Crippen LogP contribution is 2.45. The van der Waals surface area contributed by atoms with Gasteiger partial charge < -0.3 is 4.74 Å². The van der Waals surface area contributed by atoms with Crippen LogP contribution in [0.1, 0.15) is 47.2 Å². The van der Waals surface area contributed by atoms with Crippen LogP contribution >= 0.6 is 15.9 Å². The summed E-state index contributed by atoms with van der Waals surface area (Å²) in [5, 5.41) is 0. The molecule has 0 saturated heterocycles. The summed E-state index contributed by atoms with van der Waals surface area (Å²) in [7, 11) is 1.79. The minimum atomic E-state index is -0.154. The molecule has 0 amide bonds. The fourth-order valence-corrected chi connectivity index (χ4v) is 4.22. The first kappa shape index (κ1) is 14.0. The molecule has 1 aromatic rings. The van der Waals surface area contributed by atoms with E-state index >= 15 is 0 Å². The average Bonchev–Trinajstić information content (AvgIpc) is 2.21. The number of methoxy groups -OCH3 is 1. The van der Waals surface area contributed by atoms with E-state index in [2.05, 4.69) is 15.9 Å². The van der Waals surface area contributed by atoms with Crippen molar-refractivity contribution in [2.75, 3.05) is 7.11 Å². The van der Waals surface area contributed by atoms with Crippen LogP contribution in [0.25, 0.3) is 0 Å². The van der Waals surface area contributed by atoms with E-state index in [1.807, 2.05) is 13.8 Å². The van der Waals surface area contributed by atoms with E-state index in [1.54, 1.807) is 19.2 Å². The van der Waals surface area contributed by atoms with Crippen molar-refractivity contribution in [2.45, 2.75) is 50.0 Å². The number of hydrogen-bond donors (Lipinski definition) is 0. The second-order valence-corrected chi connectivity index (χ2v) is 6.47. The maximum absolute atomic E-state index is 13.3. The number of halogens is 2. The van der Waals surface area contributed by atoms with Gasteiger partial charge in [-0.05, 0) is 68.4 Å². The Hall–Kier alpha value is -0.410. The molecule has 1 saturated carbocycles. The molecule has 0 N–H and O–H groups in total. The predicted octanol–water partition coefficient (Wildman–Crippen LogP) is 4.84. The molecule has 1 unspecified atom stereocenters. The molecule has 1 fully saturated rings. The van der Waals surface area contributed by atoms with Gasteiger partial charge in [-0.15, -0.1) is 0 Å². The summed E-state index contributed by atoms with van der Waals surface area (Å²) in [6.45, 7) is 3.94. The molecular formula is C15H20BrFO. The summed E-state index contributed by atoms with van der Waals surface area (Å²) < 4.78 is 19.0. The Labute approximate surface area is 117 Å². The Bertz CT molecular complexity index is 412. The smallest absolute Gasteiger partial charge is 0.123 e. The maximum atomic E-state index is 13.3. The topological polar surface area (TPSA) is 9.23 Å². The van der Waals surface area contributed by atoms with Crippen LogP contribution in [-0.2, 0) is 4.74 Å². The zero-order valence-corrected chi connectivity index (χ0v) is 12.8. The lowest BCUT2D eigenvalue weighted by atomic mass is 9.75. The first-order valence-electron chi connectivity index (χ1n) is 6.43. The lowest BCUT2D eigenvalue weighted by Crippen LogP contribution is -2.40. The van der Waals surface area contributed by atoms with Gasteiger partial charge in [-0.3, -0.25) is 0 Å². The SMILES string of the molecule is COC1(CC(Br)c2c(C)cc(F)cc2C)CCC1. The van der Waals surface area contributed by atoms with Crippen LogP contribution < -0.4 is 0 Å². The van der Waals surface area contributed by atoms with Crippen molar-refractivity contribution in [2.24, 2.45) is 0 Å². The third-order valence-electron chi connectivity index (χ3n) is 4.12. The molecule has 1 aliphatic carbocycles. The number of rotatable bonds is 4. The number of hydrogen-bond acceptors (Lipinski definition) is 1. The fraction of sp³-hybridized carbons (Fsp3) is 0.600. The molecule has 1 nitrogen and oxygen atoms in total. The van der Waals surface area contributed by atoms with Crippen LogP contribution in [0.15, 0.2) is 12.1 Å². The zero-order chi connectivity index (χ0) is 13.3. The van der Waals surface area contributed by atoms with E-state index in [0.717, 1.165) is 30.4 Å². The molecule has 3 heteroatoms. The summed E-state index contributed by atoms with van der Waals surface area (Å²) >= 11 is 3.76. The highest BCUT2D eigenvalue weighted by atomic mass is 79.9. The van der Waals surface area contributed by atoms with Crippen molar-refractivity contribution in [3.8, 4) is 0 Å². The summed E-state index contributed by atoms with van der Waals surface area (Å²) in [6, 6.07) is 3.22. The molecule has 0 aromatic heterocycles. The minimum Gasteiger partial charge on any atom is -0.378 e. The van der Waals surface area contributed by atoms with Gasteiger partial charge in [0, 0.05) is 11.9 Å². The highest BCUT2D eigenvalue weighted by Gasteiger charge is 2.39. The minimum absolute atomic E-state index is 0.0292. The molecule has 0 heterocycles. The van der Waals surface area contributed by atoms with Crippen molar-refractivity contribution >= 4 is 15.9 Å². The number of alkyl halides is 1.